The van der Waals surface area contributed by atoms with Crippen LogP contribution in [-0.4, -0.2) is 18.9 Å². The Morgan fingerprint density at radius 3 is 2.79 bits per heavy atom. The van der Waals surface area contributed by atoms with Crippen LogP contribution >= 0.6 is 0 Å². The van der Waals surface area contributed by atoms with E-state index in [1.807, 2.05) is 42.5 Å². The maximum atomic E-state index is 12.2. The second-order valence-electron chi connectivity index (χ2n) is 5.94. The van der Waals surface area contributed by atoms with Crippen LogP contribution in [0, 0.1) is 5.92 Å². The number of fused-ring (bicyclic) bond motifs is 5. The number of ether oxygens (including phenoxy) is 1. The first kappa shape index (κ1) is 13.4. The Labute approximate surface area is 137 Å². The fourth-order valence-electron chi connectivity index (χ4n) is 3.35. The van der Waals surface area contributed by atoms with Crippen molar-refractivity contribution < 1.29 is 14.0 Å². The molecule has 5 heteroatoms. The summed E-state index contributed by atoms with van der Waals surface area (Å²) in [4.78, 5) is 17.4. The van der Waals surface area contributed by atoms with E-state index < -0.39 is 5.63 Å². The lowest BCUT2D eigenvalue weighted by atomic mass is 9.92. The van der Waals surface area contributed by atoms with E-state index in [2.05, 4.69) is 5.16 Å². The molecule has 24 heavy (non-hydrogen) atoms. The second-order valence-corrected chi connectivity index (χ2v) is 5.94. The van der Waals surface area contributed by atoms with Gasteiger partial charge in [-0.25, -0.2) is 4.79 Å². The summed E-state index contributed by atoms with van der Waals surface area (Å²) < 4.78 is 11.4. The molecule has 0 amide bonds. The maximum absolute atomic E-state index is 12.2. The summed E-state index contributed by atoms with van der Waals surface area (Å²) in [6.07, 6.45) is 0. The summed E-state index contributed by atoms with van der Waals surface area (Å²) in [5, 5.41) is 5.02. The molecule has 0 aliphatic carbocycles. The number of benzene rings is 2. The standard InChI is InChI=1S/C19H13NO4/c21-16-8-14(11-4-2-1-3-5-11)13-6-7-15-17(19(13)24-16)18-12(9-22-15)10-23-20-18/h1-8,12H,9-10H2. The number of hydrogen-bond acceptors (Lipinski definition) is 5. The third kappa shape index (κ3) is 1.88. The molecule has 1 atom stereocenters. The van der Waals surface area contributed by atoms with E-state index in [1.165, 1.54) is 6.07 Å². The first-order valence-corrected chi connectivity index (χ1v) is 7.80. The lowest BCUT2D eigenvalue weighted by Gasteiger charge is -2.22. The van der Waals surface area contributed by atoms with Crippen LogP contribution in [-0.2, 0) is 4.84 Å². The molecule has 0 saturated heterocycles. The molecule has 1 aromatic heterocycles. The van der Waals surface area contributed by atoms with Crippen LogP contribution < -0.4 is 10.4 Å². The molecular weight excluding hydrogens is 306 g/mol. The van der Waals surface area contributed by atoms with Crippen LogP contribution in [0.5, 0.6) is 5.75 Å². The zero-order valence-corrected chi connectivity index (χ0v) is 12.7. The molecule has 1 unspecified atom stereocenters. The van der Waals surface area contributed by atoms with Crippen LogP contribution in [0.4, 0.5) is 0 Å². The van der Waals surface area contributed by atoms with E-state index in [0.29, 0.717) is 24.5 Å². The lowest BCUT2D eigenvalue weighted by molar-refractivity contribution is 0.137. The van der Waals surface area contributed by atoms with E-state index >= 15 is 0 Å². The van der Waals surface area contributed by atoms with Crippen molar-refractivity contribution in [2.75, 3.05) is 13.2 Å². The number of hydrogen-bond donors (Lipinski definition) is 0. The summed E-state index contributed by atoms with van der Waals surface area (Å²) >= 11 is 0. The highest BCUT2D eigenvalue weighted by molar-refractivity contribution is 6.15. The molecule has 2 aromatic carbocycles. The van der Waals surface area contributed by atoms with Gasteiger partial charge in [-0.3, -0.25) is 0 Å². The first-order chi connectivity index (χ1) is 11.8. The normalized spacial score (nSPS) is 18.3. The maximum Gasteiger partial charge on any atom is 0.336 e. The van der Waals surface area contributed by atoms with E-state index in [4.69, 9.17) is 14.0 Å². The van der Waals surface area contributed by atoms with Gasteiger partial charge in [0.2, 0.25) is 0 Å². The molecule has 0 spiro atoms. The van der Waals surface area contributed by atoms with Crippen molar-refractivity contribution >= 4 is 16.7 Å². The highest BCUT2D eigenvalue weighted by Gasteiger charge is 2.34. The fraction of sp³-hybridized carbons (Fsp3) is 0.158. The average molecular weight is 319 g/mol. The Bertz CT molecular complexity index is 1040. The monoisotopic (exact) mass is 319 g/mol. The Balaban J connectivity index is 1.87. The third-order valence-corrected chi connectivity index (χ3v) is 4.48. The van der Waals surface area contributed by atoms with Gasteiger partial charge < -0.3 is 14.0 Å². The molecule has 0 saturated carbocycles. The minimum atomic E-state index is -0.392. The quantitative estimate of drug-likeness (QED) is 0.646. The van der Waals surface area contributed by atoms with Gasteiger partial charge in [-0.1, -0.05) is 35.5 Å². The number of rotatable bonds is 1. The molecule has 0 fully saturated rings. The minimum Gasteiger partial charge on any atom is -0.492 e. The van der Waals surface area contributed by atoms with Gasteiger partial charge in [0.1, 0.15) is 24.7 Å². The highest BCUT2D eigenvalue weighted by Crippen LogP contribution is 2.38. The van der Waals surface area contributed by atoms with Crippen molar-refractivity contribution in [2.45, 2.75) is 0 Å². The van der Waals surface area contributed by atoms with Crippen molar-refractivity contribution in [3.63, 3.8) is 0 Å². The molecule has 0 radical (unpaired) electrons. The van der Waals surface area contributed by atoms with Crippen molar-refractivity contribution in [1.29, 1.82) is 0 Å². The van der Waals surface area contributed by atoms with Crippen LogP contribution in [0.15, 0.2) is 62.9 Å². The molecule has 118 valence electrons. The molecule has 5 rings (SSSR count). The number of nitrogens with zero attached hydrogens (tertiary/aromatic N) is 1. The fourth-order valence-corrected chi connectivity index (χ4v) is 3.35. The van der Waals surface area contributed by atoms with Crippen molar-refractivity contribution in [2.24, 2.45) is 11.1 Å². The highest BCUT2D eigenvalue weighted by atomic mass is 16.6. The summed E-state index contributed by atoms with van der Waals surface area (Å²) in [6, 6.07) is 15.1. The van der Waals surface area contributed by atoms with Gasteiger partial charge in [-0.05, 0) is 23.3 Å². The predicted octanol–water partition coefficient (Wildman–Crippen LogP) is 3.20. The summed E-state index contributed by atoms with van der Waals surface area (Å²) in [5.74, 6) is 0.755. The van der Waals surface area contributed by atoms with Gasteiger partial charge in [0.05, 0.1) is 11.5 Å². The summed E-state index contributed by atoms with van der Waals surface area (Å²) in [5.41, 5.74) is 3.45. The van der Waals surface area contributed by atoms with E-state index in [9.17, 15) is 4.79 Å². The Morgan fingerprint density at radius 2 is 1.92 bits per heavy atom. The first-order valence-electron chi connectivity index (χ1n) is 7.80. The Hall–Kier alpha value is -3.08. The molecule has 5 nitrogen and oxygen atoms in total. The second kappa shape index (κ2) is 4.96. The van der Waals surface area contributed by atoms with Crippen molar-refractivity contribution in [3.8, 4) is 16.9 Å². The average Bonchev–Trinajstić information content (AvgIpc) is 3.10. The Morgan fingerprint density at radius 1 is 1.04 bits per heavy atom. The molecular formula is C19H13NO4. The molecule has 3 aromatic rings. The smallest absolute Gasteiger partial charge is 0.336 e. The molecule has 3 heterocycles. The van der Waals surface area contributed by atoms with Gasteiger partial charge in [-0.15, -0.1) is 0 Å². The predicted molar refractivity (Wildman–Crippen MR) is 89.4 cm³/mol. The Kier molecular flexibility index (Phi) is 2.76. The van der Waals surface area contributed by atoms with E-state index in [-0.39, 0.29) is 5.92 Å². The van der Waals surface area contributed by atoms with Crippen LogP contribution in [0.25, 0.3) is 22.1 Å². The third-order valence-electron chi connectivity index (χ3n) is 4.48. The topological polar surface area (TPSA) is 61.0 Å². The molecule has 0 N–H and O–H groups in total. The van der Waals surface area contributed by atoms with Crippen LogP contribution in [0.1, 0.15) is 5.56 Å². The molecule has 2 aliphatic rings. The summed E-state index contributed by atoms with van der Waals surface area (Å²) in [7, 11) is 0. The summed E-state index contributed by atoms with van der Waals surface area (Å²) in [6.45, 7) is 1.02. The zero-order chi connectivity index (χ0) is 16.1. The van der Waals surface area contributed by atoms with Crippen molar-refractivity contribution in [3.05, 3.63) is 64.5 Å². The van der Waals surface area contributed by atoms with Gasteiger partial charge >= 0.3 is 5.63 Å². The van der Waals surface area contributed by atoms with Crippen LogP contribution in [0.2, 0.25) is 0 Å². The minimum absolute atomic E-state index is 0.0776. The van der Waals surface area contributed by atoms with E-state index in [0.717, 1.165) is 27.8 Å². The van der Waals surface area contributed by atoms with Crippen molar-refractivity contribution in [1.82, 2.24) is 0 Å². The van der Waals surface area contributed by atoms with Gasteiger partial charge in [0, 0.05) is 11.5 Å². The number of oxime groups is 1. The molecule has 2 aliphatic heterocycles. The lowest BCUT2D eigenvalue weighted by Crippen LogP contribution is -2.28. The van der Waals surface area contributed by atoms with Gasteiger partial charge in [-0.2, -0.15) is 0 Å². The van der Waals surface area contributed by atoms with Crippen LogP contribution in [0.3, 0.4) is 0 Å². The van der Waals surface area contributed by atoms with Gasteiger partial charge in [0.25, 0.3) is 0 Å². The molecule has 0 bridgehead atoms. The largest absolute Gasteiger partial charge is 0.492 e. The van der Waals surface area contributed by atoms with E-state index in [1.54, 1.807) is 0 Å². The zero-order valence-electron chi connectivity index (χ0n) is 12.7. The SMILES string of the molecule is O=c1cc(-c2ccccc2)c2ccc3c(c2o1)C1=NOCC1CO3. The van der Waals surface area contributed by atoms with Gasteiger partial charge in [0.15, 0.2) is 5.58 Å².